The molecule has 4 aromatic rings. The Kier molecular flexibility index (Phi) is 8.69. The molecular formula is C27H21Cl3N2O5S. The van der Waals surface area contributed by atoms with E-state index in [9.17, 15) is 13.2 Å². The van der Waals surface area contributed by atoms with Gasteiger partial charge in [-0.2, -0.15) is 0 Å². The molecule has 11 heteroatoms. The van der Waals surface area contributed by atoms with Gasteiger partial charge >= 0.3 is 0 Å². The number of carbonyl (C=O) groups excluding carboxylic acids is 1. The summed E-state index contributed by atoms with van der Waals surface area (Å²) in [5, 5.41) is 3.16. The summed E-state index contributed by atoms with van der Waals surface area (Å²) in [5.74, 6) is 0.487. The average Bonchev–Trinajstić information content (AvgIpc) is 2.91. The zero-order valence-electron chi connectivity index (χ0n) is 19.9. The summed E-state index contributed by atoms with van der Waals surface area (Å²) >= 11 is 18.7. The van der Waals surface area contributed by atoms with Gasteiger partial charge in [-0.1, -0.05) is 71.2 Å². The van der Waals surface area contributed by atoms with Crippen LogP contribution in [-0.2, 0) is 14.8 Å². The van der Waals surface area contributed by atoms with Crippen LogP contribution < -0.4 is 19.1 Å². The summed E-state index contributed by atoms with van der Waals surface area (Å²) in [6, 6.07) is 23.9. The molecule has 0 atom stereocenters. The summed E-state index contributed by atoms with van der Waals surface area (Å²) in [7, 11) is -2.69. The first-order valence-corrected chi connectivity index (χ1v) is 13.7. The number of hydrogen-bond acceptors (Lipinski definition) is 5. The predicted molar refractivity (Wildman–Crippen MR) is 151 cm³/mol. The van der Waals surface area contributed by atoms with Gasteiger partial charge in [-0.25, -0.2) is 8.42 Å². The van der Waals surface area contributed by atoms with Crippen LogP contribution in [0, 0.1) is 0 Å². The molecule has 0 bridgehead atoms. The van der Waals surface area contributed by atoms with Crippen LogP contribution in [0.1, 0.15) is 0 Å². The summed E-state index contributed by atoms with van der Waals surface area (Å²) in [6.07, 6.45) is 0. The number of anilines is 2. The Bertz CT molecular complexity index is 1570. The molecule has 0 saturated carbocycles. The third kappa shape index (κ3) is 6.16. The van der Waals surface area contributed by atoms with E-state index in [4.69, 9.17) is 44.3 Å². The summed E-state index contributed by atoms with van der Waals surface area (Å²) < 4.78 is 39.4. The number of amides is 1. The van der Waals surface area contributed by atoms with Gasteiger partial charge in [0.25, 0.3) is 10.0 Å². The van der Waals surface area contributed by atoms with Gasteiger partial charge in [0.2, 0.25) is 5.91 Å². The smallest absolute Gasteiger partial charge is 0.264 e. The molecule has 0 spiro atoms. The predicted octanol–water partition coefficient (Wildman–Crippen LogP) is 7.28. The van der Waals surface area contributed by atoms with Crippen molar-refractivity contribution < 1.29 is 22.7 Å². The zero-order valence-corrected chi connectivity index (χ0v) is 23.0. The summed E-state index contributed by atoms with van der Waals surface area (Å²) in [5.41, 5.74) is 0.275. The molecule has 0 aromatic heterocycles. The van der Waals surface area contributed by atoms with E-state index in [0.717, 1.165) is 4.31 Å². The highest BCUT2D eigenvalue weighted by Crippen LogP contribution is 2.38. The maximum absolute atomic E-state index is 13.6. The minimum absolute atomic E-state index is 0.00979. The van der Waals surface area contributed by atoms with Crippen molar-refractivity contribution in [2.75, 3.05) is 23.3 Å². The fourth-order valence-corrected chi connectivity index (χ4v) is 5.61. The van der Waals surface area contributed by atoms with Crippen molar-refractivity contribution in [2.24, 2.45) is 0 Å². The number of nitrogens with zero attached hydrogens (tertiary/aromatic N) is 1. The number of halogens is 3. The van der Waals surface area contributed by atoms with Crippen molar-refractivity contribution in [3.8, 4) is 17.2 Å². The van der Waals surface area contributed by atoms with Gasteiger partial charge in [-0.15, -0.1) is 0 Å². The fourth-order valence-electron chi connectivity index (χ4n) is 3.53. The van der Waals surface area contributed by atoms with Crippen molar-refractivity contribution >= 4 is 62.1 Å². The second kappa shape index (κ2) is 12.0. The first-order valence-electron chi connectivity index (χ1n) is 11.1. The topological polar surface area (TPSA) is 84.9 Å². The minimum Gasteiger partial charge on any atom is -0.493 e. The van der Waals surface area contributed by atoms with Crippen LogP contribution in [-0.4, -0.2) is 28.0 Å². The minimum atomic E-state index is -4.20. The number of para-hydroxylation sites is 2. The molecule has 0 aliphatic heterocycles. The van der Waals surface area contributed by atoms with Gasteiger partial charge < -0.3 is 14.8 Å². The SMILES string of the molecule is COc1ccccc1Oc1ccc(Cl)cc1NC(=O)CN(c1cccc(Cl)c1Cl)S(=O)(=O)c1ccccc1. The summed E-state index contributed by atoms with van der Waals surface area (Å²) in [6.45, 7) is -0.613. The Morgan fingerprint density at radius 1 is 0.842 bits per heavy atom. The molecule has 0 aliphatic carbocycles. The number of sulfonamides is 1. The number of benzene rings is 4. The van der Waals surface area contributed by atoms with E-state index >= 15 is 0 Å². The van der Waals surface area contributed by atoms with Gasteiger partial charge in [0.05, 0.1) is 33.4 Å². The third-order valence-electron chi connectivity index (χ3n) is 5.32. The molecule has 1 N–H and O–H groups in total. The van der Waals surface area contributed by atoms with Gasteiger partial charge in [0.1, 0.15) is 6.54 Å². The molecule has 4 rings (SSSR count). The lowest BCUT2D eigenvalue weighted by atomic mass is 10.2. The third-order valence-corrected chi connectivity index (χ3v) is 8.14. The molecule has 0 unspecified atom stereocenters. The maximum Gasteiger partial charge on any atom is 0.264 e. The molecule has 196 valence electrons. The Morgan fingerprint density at radius 2 is 1.53 bits per heavy atom. The van der Waals surface area contributed by atoms with Crippen LogP contribution in [0.25, 0.3) is 0 Å². The normalized spacial score (nSPS) is 11.1. The molecule has 4 aromatic carbocycles. The lowest BCUT2D eigenvalue weighted by Crippen LogP contribution is -2.38. The Hall–Kier alpha value is -3.43. The number of ether oxygens (including phenoxy) is 2. The number of methoxy groups -OCH3 is 1. The van der Waals surface area contributed by atoms with Gasteiger partial charge in [0, 0.05) is 5.02 Å². The fraction of sp³-hybridized carbons (Fsp3) is 0.0741. The molecule has 0 saturated heterocycles. The van der Waals surface area contributed by atoms with Crippen molar-refractivity contribution in [3.63, 3.8) is 0 Å². The Balaban J connectivity index is 1.68. The summed E-state index contributed by atoms with van der Waals surface area (Å²) in [4.78, 5) is 13.3. The van der Waals surface area contributed by atoms with Crippen molar-refractivity contribution in [3.05, 3.63) is 106 Å². The zero-order chi connectivity index (χ0) is 27.3. The van der Waals surface area contributed by atoms with E-state index < -0.39 is 22.5 Å². The largest absolute Gasteiger partial charge is 0.493 e. The van der Waals surface area contributed by atoms with Gasteiger partial charge in [0.15, 0.2) is 17.2 Å². The van der Waals surface area contributed by atoms with E-state index in [2.05, 4.69) is 5.32 Å². The van der Waals surface area contributed by atoms with Crippen LogP contribution in [0.2, 0.25) is 15.1 Å². The highest BCUT2D eigenvalue weighted by atomic mass is 35.5. The van der Waals surface area contributed by atoms with E-state index in [1.54, 1.807) is 60.7 Å². The molecule has 7 nitrogen and oxygen atoms in total. The van der Waals surface area contributed by atoms with E-state index in [-0.39, 0.29) is 32.1 Å². The Morgan fingerprint density at radius 3 is 2.24 bits per heavy atom. The highest BCUT2D eigenvalue weighted by molar-refractivity contribution is 7.92. The van der Waals surface area contributed by atoms with Crippen LogP contribution >= 0.6 is 34.8 Å². The molecule has 0 radical (unpaired) electrons. The van der Waals surface area contributed by atoms with Crippen LogP contribution in [0.15, 0.2) is 95.9 Å². The van der Waals surface area contributed by atoms with Crippen LogP contribution in [0.4, 0.5) is 11.4 Å². The van der Waals surface area contributed by atoms with E-state index in [1.165, 1.54) is 37.4 Å². The monoisotopic (exact) mass is 590 g/mol. The first kappa shape index (κ1) is 27.6. The van der Waals surface area contributed by atoms with Crippen molar-refractivity contribution in [1.82, 2.24) is 0 Å². The van der Waals surface area contributed by atoms with E-state index in [0.29, 0.717) is 16.5 Å². The van der Waals surface area contributed by atoms with Crippen LogP contribution in [0.3, 0.4) is 0 Å². The number of nitrogens with one attached hydrogen (secondary N) is 1. The van der Waals surface area contributed by atoms with Gasteiger partial charge in [-0.3, -0.25) is 9.10 Å². The molecule has 0 heterocycles. The quantitative estimate of drug-likeness (QED) is 0.221. The molecule has 0 fully saturated rings. The number of carbonyl (C=O) groups is 1. The lowest BCUT2D eigenvalue weighted by molar-refractivity contribution is -0.114. The van der Waals surface area contributed by atoms with Crippen molar-refractivity contribution in [2.45, 2.75) is 4.90 Å². The van der Waals surface area contributed by atoms with E-state index in [1.807, 2.05) is 0 Å². The molecule has 1 amide bonds. The second-order valence-corrected chi connectivity index (χ2v) is 10.9. The second-order valence-electron chi connectivity index (χ2n) is 7.84. The highest BCUT2D eigenvalue weighted by Gasteiger charge is 2.29. The first-order chi connectivity index (χ1) is 18.2. The van der Waals surface area contributed by atoms with Crippen LogP contribution in [0.5, 0.6) is 17.2 Å². The molecular weight excluding hydrogens is 571 g/mol. The number of rotatable bonds is 9. The standard InChI is InChI=1S/C27H21Cl3N2O5S/c1-36-24-12-5-6-13-25(24)37-23-15-14-18(28)16-21(23)31-26(33)17-32(22-11-7-10-20(29)27(22)30)38(34,35)19-8-3-2-4-9-19/h2-16H,17H2,1H3,(H,31,33). The maximum atomic E-state index is 13.6. The van der Waals surface area contributed by atoms with Gasteiger partial charge in [-0.05, 0) is 54.6 Å². The van der Waals surface area contributed by atoms with Crippen molar-refractivity contribution in [1.29, 1.82) is 0 Å². The lowest BCUT2D eigenvalue weighted by Gasteiger charge is -2.25. The number of hydrogen-bond donors (Lipinski definition) is 1. The molecule has 38 heavy (non-hydrogen) atoms. The Labute approximate surface area is 235 Å². The molecule has 0 aliphatic rings. The average molecular weight is 592 g/mol.